The molecular formula is C54H50N2Si. The number of aryl methyl sites for hydroxylation is 2. The van der Waals surface area contributed by atoms with Gasteiger partial charge in [0.1, 0.15) is 0 Å². The Morgan fingerprint density at radius 1 is 0.333 bits per heavy atom. The highest BCUT2D eigenvalue weighted by Crippen LogP contribution is 2.36. The van der Waals surface area contributed by atoms with Gasteiger partial charge in [-0.3, -0.25) is 0 Å². The highest BCUT2D eigenvalue weighted by atomic mass is 28.3. The van der Waals surface area contributed by atoms with Crippen molar-refractivity contribution in [2.75, 3.05) is 11.5 Å². The molecule has 57 heavy (non-hydrogen) atoms. The summed E-state index contributed by atoms with van der Waals surface area (Å²) in [6.07, 6.45) is 4.44. The Hall–Kier alpha value is -6.42. The van der Waals surface area contributed by atoms with E-state index in [0.717, 1.165) is 59.3 Å². The predicted octanol–water partition coefficient (Wildman–Crippen LogP) is 10.8. The lowest BCUT2D eigenvalue weighted by atomic mass is 9.93. The first-order chi connectivity index (χ1) is 28.0. The number of anilines is 2. The van der Waals surface area contributed by atoms with Crippen LogP contribution < -0.4 is 32.2 Å². The van der Waals surface area contributed by atoms with Crippen LogP contribution in [0.3, 0.4) is 0 Å². The first-order valence-corrected chi connectivity index (χ1v) is 22.3. The largest absolute Gasteiger partial charge is 0.399 e. The lowest BCUT2D eigenvalue weighted by Gasteiger charge is -2.34. The van der Waals surface area contributed by atoms with Crippen molar-refractivity contribution in [2.24, 2.45) is 0 Å². The molecule has 0 amide bonds. The summed E-state index contributed by atoms with van der Waals surface area (Å²) in [5.41, 5.74) is 26.5. The van der Waals surface area contributed by atoms with Crippen LogP contribution in [0.4, 0.5) is 11.4 Å². The number of hydrogen-bond donors (Lipinski definition) is 2. The molecule has 8 aromatic rings. The third kappa shape index (κ3) is 7.59. The molecule has 4 N–H and O–H groups in total. The van der Waals surface area contributed by atoms with Crippen LogP contribution in [0.2, 0.25) is 0 Å². The second kappa shape index (κ2) is 16.7. The molecule has 0 aliphatic heterocycles. The normalized spacial score (nSPS) is 11.4. The van der Waals surface area contributed by atoms with Gasteiger partial charge in [-0.05, 0) is 113 Å². The predicted molar refractivity (Wildman–Crippen MR) is 249 cm³/mol. The third-order valence-electron chi connectivity index (χ3n) is 11.4. The Morgan fingerprint density at radius 3 is 1.00 bits per heavy atom. The van der Waals surface area contributed by atoms with E-state index in [4.69, 9.17) is 11.5 Å². The molecule has 0 saturated heterocycles. The van der Waals surface area contributed by atoms with Crippen molar-refractivity contribution in [1.29, 1.82) is 0 Å². The molecule has 0 aliphatic rings. The van der Waals surface area contributed by atoms with Gasteiger partial charge in [0, 0.05) is 11.4 Å². The molecule has 2 nitrogen and oxygen atoms in total. The topological polar surface area (TPSA) is 52.0 Å². The van der Waals surface area contributed by atoms with Gasteiger partial charge in [-0.25, -0.2) is 0 Å². The van der Waals surface area contributed by atoms with Gasteiger partial charge >= 0.3 is 0 Å². The Kier molecular flexibility index (Phi) is 11.0. The van der Waals surface area contributed by atoms with Gasteiger partial charge in [0.15, 0.2) is 8.07 Å². The SMILES string of the molecule is CCCc1ccc(-c2ccc(N)cc2-c2ccc([Si](c3ccccc3)(c3ccccc3)c3ccc(-c4cc(N)ccc4-c4ccc(CCC)cc4)cc3)cc2)cc1. The van der Waals surface area contributed by atoms with Crippen molar-refractivity contribution in [3.8, 4) is 44.5 Å². The van der Waals surface area contributed by atoms with Gasteiger partial charge in [-0.1, -0.05) is 197 Å². The minimum absolute atomic E-state index is 0.759. The standard InChI is InChI=1S/C54H50N2Si/c1-3-11-39-17-21-41(22-18-39)51-35-29-45(55)37-53(51)43-25-31-49(32-26-43)57(47-13-7-5-8-14-47,48-15-9-6-10-16-48)50-33-27-44(28-34-50)54-38-46(56)30-36-52(54)42-23-19-40(12-4-2)20-24-42/h5-10,13-38H,3-4,11-12,55-56H2,1-2H3. The molecule has 0 aliphatic carbocycles. The average Bonchev–Trinajstić information content (AvgIpc) is 3.26. The fourth-order valence-electron chi connectivity index (χ4n) is 8.56. The van der Waals surface area contributed by atoms with Crippen LogP contribution in [0.1, 0.15) is 37.8 Å². The summed E-state index contributed by atoms with van der Waals surface area (Å²) in [6, 6.07) is 71.5. The quantitative estimate of drug-likeness (QED) is 0.0741. The average molecular weight is 755 g/mol. The first kappa shape index (κ1) is 37.5. The van der Waals surface area contributed by atoms with E-state index >= 15 is 0 Å². The summed E-state index contributed by atoms with van der Waals surface area (Å²) in [5.74, 6) is 0. The van der Waals surface area contributed by atoms with E-state index in [9.17, 15) is 0 Å². The zero-order chi connectivity index (χ0) is 39.2. The van der Waals surface area contributed by atoms with E-state index in [0.29, 0.717) is 0 Å². The molecule has 0 fully saturated rings. The van der Waals surface area contributed by atoms with E-state index in [-0.39, 0.29) is 0 Å². The van der Waals surface area contributed by atoms with E-state index in [1.165, 1.54) is 54.1 Å². The smallest absolute Gasteiger partial charge is 0.179 e. The number of hydrogen-bond acceptors (Lipinski definition) is 2. The van der Waals surface area contributed by atoms with Crippen LogP contribution in [0, 0.1) is 0 Å². The fraction of sp³-hybridized carbons (Fsp3) is 0.111. The van der Waals surface area contributed by atoms with Crippen LogP contribution in [0.25, 0.3) is 44.5 Å². The maximum atomic E-state index is 6.46. The van der Waals surface area contributed by atoms with Crippen molar-refractivity contribution in [3.63, 3.8) is 0 Å². The highest BCUT2D eigenvalue weighted by Gasteiger charge is 2.41. The molecular weight excluding hydrogens is 705 g/mol. The first-order valence-electron chi connectivity index (χ1n) is 20.3. The zero-order valence-electron chi connectivity index (χ0n) is 33.0. The molecule has 8 rings (SSSR count). The third-order valence-corrected chi connectivity index (χ3v) is 16.2. The maximum Gasteiger partial charge on any atom is 0.179 e. The molecule has 0 radical (unpaired) electrons. The van der Waals surface area contributed by atoms with Gasteiger partial charge in [0.25, 0.3) is 0 Å². The molecule has 280 valence electrons. The van der Waals surface area contributed by atoms with Crippen LogP contribution in [0.15, 0.2) is 194 Å². The number of nitrogen functional groups attached to an aromatic ring is 2. The van der Waals surface area contributed by atoms with Crippen LogP contribution in [-0.2, 0) is 12.8 Å². The van der Waals surface area contributed by atoms with E-state index in [1.54, 1.807) is 0 Å². The Labute approximate surface area is 339 Å². The molecule has 0 heterocycles. The molecule has 0 aromatic heterocycles. The van der Waals surface area contributed by atoms with Crippen LogP contribution >= 0.6 is 0 Å². The molecule has 0 atom stereocenters. The number of rotatable bonds is 12. The summed E-state index contributed by atoms with van der Waals surface area (Å²) in [5, 5.41) is 5.32. The molecule has 3 heteroatoms. The van der Waals surface area contributed by atoms with Crippen molar-refractivity contribution in [1.82, 2.24) is 0 Å². The summed E-state index contributed by atoms with van der Waals surface area (Å²) in [6.45, 7) is 4.45. The van der Waals surface area contributed by atoms with Gasteiger partial charge < -0.3 is 11.5 Å². The van der Waals surface area contributed by atoms with Crippen LogP contribution in [-0.4, -0.2) is 8.07 Å². The molecule has 0 bridgehead atoms. The van der Waals surface area contributed by atoms with Crippen LogP contribution in [0.5, 0.6) is 0 Å². The lowest BCUT2D eigenvalue weighted by molar-refractivity contribution is 0.922. The minimum Gasteiger partial charge on any atom is -0.399 e. The molecule has 0 saturated carbocycles. The summed E-state index contributed by atoms with van der Waals surface area (Å²) < 4.78 is 0. The highest BCUT2D eigenvalue weighted by molar-refractivity contribution is 7.19. The summed E-state index contributed by atoms with van der Waals surface area (Å²) >= 11 is 0. The fourth-order valence-corrected chi connectivity index (χ4v) is 13.3. The summed E-state index contributed by atoms with van der Waals surface area (Å²) in [7, 11) is -2.80. The van der Waals surface area contributed by atoms with Crippen molar-refractivity contribution in [2.45, 2.75) is 39.5 Å². The van der Waals surface area contributed by atoms with E-state index in [1.807, 2.05) is 12.1 Å². The second-order valence-corrected chi connectivity index (χ2v) is 19.0. The lowest BCUT2D eigenvalue weighted by Crippen LogP contribution is -2.74. The Bertz CT molecular complexity index is 2380. The molecule has 8 aromatic carbocycles. The van der Waals surface area contributed by atoms with Crippen molar-refractivity contribution in [3.05, 3.63) is 205 Å². The summed E-state index contributed by atoms with van der Waals surface area (Å²) in [4.78, 5) is 0. The monoisotopic (exact) mass is 754 g/mol. The van der Waals surface area contributed by atoms with Gasteiger partial charge in [0.05, 0.1) is 0 Å². The van der Waals surface area contributed by atoms with Gasteiger partial charge in [-0.2, -0.15) is 0 Å². The van der Waals surface area contributed by atoms with Gasteiger partial charge in [0.2, 0.25) is 0 Å². The van der Waals surface area contributed by atoms with E-state index in [2.05, 4.69) is 196 Å². The second-order valence-electron chi connectivity index (χ2n) is 15.1. The number of benzene rings is 8. The molecule has 0 unspecified atom stereocenters. The maximum absolute atomic E-state index is 6.46. The Balaban J connectivity index is 1.25. The minimum atomic E-state index is -2.80. The van der Waals surface area contributed by atoms with Crippen molar-refractivity contribution >= 4 is 40.2 Å². The Morgan fingerprint density at radius 2 is 0.649 bits per heavy atom. The van der Waals surface area contributed by atoms with Gasteiger partial charge in [-0.15, -0.1) is 0 Å². The van der Waals surface area contributed by atoms with Crippen molar-refractivity contribution < 1.29 is 0 Å². The molecule has 0 spiro atoms. The zero-order valence-corrected chi connectivity index (χ0v) is 34.0. The van der Waals surface area contributed by atoms with E-state index < -0.39 is 8.07 Å². The number of nitrogens with two attached hydrogens (primary N) is 2.